The summed E-state index contributed by atoms with van der Waals surface area (Å²) in [6.45, 7) is 3.96. The van der Waals surface area contributed by atoms with Crippen LogP contribution in [-0.4, -0.2) is 17.4 Å². The molecule has 0 radical (unpaired) electrons. The molecule has 2 aromatic rings. The largest absolute Gasteiger partial charge is 0.573 e. The summed E-state index contributed by atoms with van der Waals surface area (Å²) < 4.78 is 40.2. The number of alkyl halides is 3. The second kappa shape index (κ2) is 8.72. The molecule has 5 nitrogen and oxygen atoms in total. The van der Waals surface area contributed by atoms with Crippen molar-refractivity contribution in [3.63, 3.8) is 0 Å². The summed E-state index contributed by atoms with van der Waals surface area (Å²) in [5.74, 6) is -0.964. The SMILES string of the molecule is CCc1cccc(C)c1NC(=S)NNC(=O)c1ccc(OC(F)(F)F)cc1. The average Bonchev–Trinajstić information content (AvgIpc) is 2.60. The molecule has 0 atom stereocenters. The van der Waals surface area contributed by atoms with Crippen molar-refractivity contribution in [3.8, 4) is 5.75 Å². The zero-order chi connectivity index (χ0) is 20.0. The molecule has 0 aromatic heterocycles. The summed E-state index contributed by atoms with van der Waals surface area (Å²) in [5, 5.41) is 3.22. The van der Waals surface area contributed by atoms with E-state index >= 15 is 0 Å². The predicted octanol–water partition coefficient (Wildman–Crippen LogP) is 4.09. The number of benzene rings is 2. The Morgan fingerprint density at radius 3 is 2.37 bits per heavy atom. The third-order valence-corrected chi connectivity index (χ3v) is 3.82. The van der Waals surface area contributed by atoms with Gasteiger partial charge in [-0.3, -0.25) is 15.6 Å². The molecule has 144 valence electrons. The van der Waals surface area contributed by atoms with Crippen molar-refractivity contribution in [1.82, 2.24) is 10.9 Å². The Labute approximate surface area is 159 Å². The average molecular weight is 397 g/mol. The number of rotatable bonds is 4. The number of hydrogen-bond acceptors (Lipinski definition) is 3. The first-order valence-corrected chi connectivity index (χ1v) is 8.42. The van der Waals surface area contributed by atoms with Crippen LogP contribution in [0.25, 0.3) is 0 Å². The van der Waals surface area contributed by atoms with E-state index in [9.17, 15) is 18.0 Å². The van der Waals surface area contributed by atoms with Crippen molar-refractivity contribution in [3.05, 3.63) is 59.2 Å². The van der Waals surface area contributed by atoms with E-state index in [0.29, 0.717) is 0 Å². The first-order valence-electron chi connectivity index (χ1n) is 8.01. The molecular weight excluding hydrogens is 379 g/mol. The fourth-order valence-corrected chi connectivity index (χ4v) is 2.49. The summed E-state index contributed by atoms with van der Waals surface area (Å²) in [5.41, 5.74) is 8.04. The molecule has 0 spiro atoms. The molecule has 2 aromatic carbocycles. The van der Waals surface area contributed by atoms with Crippen molar-refractivity contribution in [2.24, 2.45) is 0 Å². The van der Waals surface area contributed by atoms with Gasteiger partial charge in [0.1, 0.15) is 5.75 Å². The van der Waals surface area contributed by atoms with Gasteiger partial charge in [-0.05, 0) is 61.0 Å². The van der Waals surface area contributed by atoms with Crippen LogP contribution in [0.5, 0.6) is 5.75 Å². The van der Waals surface area contributed by atoms with Crippen molar-refractivity contribution in [1.29, 1.82) is 0 Å². The Bertz CT molecular complexity index is 824. The fourth-order valence-electron chi connectivity index (χ4n) is 2.34. The Hall–Kier alpha value is -2.81. The molecule has 0 fully saturated rings. The Morgan fingerprint density at radius 1 is 1.11 bits per heavy atom. The number of amides is 1. The lowest BCUT2D eigenvalue weighted by atomic mass is 10.1. The summed E-state index contributed by atoms with van der Waals surface area (Å²) in [6, 6.07) is 10.4. The lowest BCUT2D eigenvalue weighted by Gasteiger charge is -2.16. The maximum atomic E-state index is 12.1. The number of nitrogens with one attached hydrogen (secondary N) is 3. The number of thiocarbonyl (C=S) groups is 1. The van der Waals surface area contributed by atoms with Crippen LogP contribution >= 0.6 is 12.2 Å². The molecule has 0 heterocycles. The lowest BCUT2D eigenvalue weighted by Crippen LogP contribution is -2.43. The molecule has 3 N–H and O–H groups in total. The van der Waals surface area contributed by atoms with Gasteiger partial charge in [0, 0.05) is 11.3 Å². The number of ether oxygens (including phenoxy) is 1. The number of carbonyl (C=O) groups excluding carboxylic acids is 1. The molecule has 0 unspecified atom stereocenters. The monoisotopic (exact) mass is 397 g/mol. The zero-order valence-corrected chi connectivity index (χ0v) is 15.4. The van der Waals surface area contributed by atoms with Crippen molar-refractivity contribution < 1.29 is 22.7 Å². The van der Waals surface area contributed by atoms with Gasteiger partial charge in [-0.1, -0.05) is 25.1 Å². The normalized spacial score (nSPS) is 10.9. The quantitative estimate of drug-likeness (QED) is 0.536. The van der Waals surface area contributed by atoms with Crippen LogP contribution in [0.1, 0.15) is 28.4 Å². The topological polar surface area (TPSA) is 62.4 Å². The molecule has 0 aliphatic rings. The van der Waals surface area contributed by atoms with Gasteiger partial charge in [-0.15, -0.1) is 13.2 Å². The number of carbonyl (C=O) groups is 1. The molecular formula is C18H18F3N3O2S. The van der Waals surface area contributed by atoms with Crippen LogP contribution in [0.3, 0.4) is 0 Å². The third-order valence-electron chi connectivity index (χ3n) is 3.62. The van der Waals surface area contributed by atoms with Crippen LogP contribution in [0.2, 0.25) is 0 Å². The number of aryl methyl sites for hydroxylation is 2. The van der Waals surface area contributed by atoms with Gasteiger partial charge in [0.25, 0.3) is 5.91 Å². The number of para-hydroxylation sites is 1. The van der Waals surface area contributed by atoms with Gasteiger partial charge in [0.15, 0.2) is 5.11 Å². The summed E-state index contributed by atoms with van der Waals surface area (Å²) >= 11 is 5.17. The summed E-state index contributed by atoms with van der Waals surface area (Å²) in [7, 11) is 0. The first-order chi connectivity index (χ1) is 12.7. The van der Waals surface area contributed by atoms with E-state index in [1.54, 1.807) is 0 Å². The molecule has 0 bridgehead atoms. The predicted molar refractivity (Wildman–Crippen MR) is 101 cm³/mol. The lowest BCUT2D eigenvalue weighted by molar-refractivity contribution is -0.274. The zero-order valence-electron chi connectivity index (χ0n) is 14.6. The fraction of sp³-hybridized carbons (Fsp3) is 0.222. The smallest absolute Gasteiger partial charge is 0.406 e. The van der Waals surface area contributed by atoms with Gasteiger partial charge in [-0.2, -0.15) is 0 Å². The minimum absolute atomic E-state index is 0.143. The van der Waals surface area contributed by atoms with Crippen molar-refractivity contribution in [2.45, 2.75) is 26.6 Å². The molecule has 1 amide bonds. The molecule has 0 saturated heterocycles. The third kappa shape index (κ3) is 6.14. The van der Waals surface area contributed by atoms with E-state index in [1.807, 2.05) is 32.0 Å². The molecule has 9 heteroatoms. The minimum Gasteiger partial charge on any atom is -0.406 e. The van der Waals surface area contributed by atoms with Gasteiger partial charge in [0.05, 0.1) is 0 Å². The van der Waals surface area contributed by atoms with Crippen LogP contribution in [0.15, 0.2) is 42.5 Å². The van der Waals surface area contributed by atoms with Crippen molar-refractivity contribution in [2.75, 3.05) is 5.32 Å². The van der Waals surface area contributed by atoms with E-state index in [-0.39, 0.29) is 10.7 Å². The Balaban J connectivity index is 1.93. The van der Waals surface area contributed by atoms with Gasteiger partial charge in [0.2, 0.25) is 0 Å². The maximum Gasteiger partial charge on any atom is 0.573 e. The second-order valence-electron chi connectivity index (χ2n) is 5.57. The van der Waals surface area contributed by atoms with Gasteiger partial charge >= 0.3 is 6.36 Å². The summed E-state index contributed by atoms with van der Waals surface area (Å²) in [6.07, 6.45) is -3.97. The number of halogens is 3. The highest BCUT2D eigenvalue weighted by Crippen LogP contribution is 2.23. The maximum absolute atomic E-state index is 12.1. The van der Waals surface area contributed by atoms with E-state index in [2.05, 4.69) is 20.9 Å². The Morgan fingerprint density at radius 2 is 1.78 bits per heavy atom. The summed E-state index contributed by atoms with van der Waals surface area (Å²) in [4.78, 5) is 12.1. The standard InChI is InChI=1S/C18H18F3N3O2S/c1-3-12-6-4-5-11(2)15(12)22-17(27)24-23-16(25)13-7-9-14(10-8-13)26-18(19,20)21/h4-10H,3H2,1-2H3,(H,23,25)(H2,22,24,27). The first kappa shape index (κ1) is 20.5. The number of hydrogen-bond donors (Lipinski definition) is 3. The van der Waals surface area contributed by atoms with Crippen molar-refractivity contribution >= 4 is 28.9 Å². The van der Waals surface area contributed by atoms with Crippen LogP contribution in [0, 0.1) is 6.92 Å². The highest BCUT2D eigenvalue weighted by molar-refractivity contribution is 7.80. The molecule has 0 saturated carbocycles. The highest BCUT2D eigenvalue weighted by Gasteiger charge is 2.31. The van der Waals surface area contributed by atoms with E-state index < -0.39 is 18.0 Å². The molecule has 0 aliphatic carbocycles. The van der Waals surface area contributed by atoms with Crippen LogP contribution in [0.4, 0.5) is 18.9 Å². The minimum atomic E-state index is -4.78. The molecule has 0 aliphatic heterocycles. The van der Waals surface area contributed by atoms with Gasteiger partial charge < -0.3 is 10.1 Å². The van der Waals surface area contributed by atoms with Gasteiger partial charge in [-0.25, -0.2) is 0 Å². The van der Waals surface area contributed by atoms with E-state index in [4.69, 9.17) is 12.2 Å². The van der Waals surface area contributed by atoms with E-state index in [0.717, 1.165) is 35.4 Å². The molecule has 27 heavy (non-hydrogen) atoms. The second-order valence-corrected chi connectivity index (χ2v) is 5.98. The van der Waals surface area contributed by atoms with Crippen LogP contribution < -0.4 is 20.9 Å². The van der Waals surface area contributed by atoms with E-state index in [1.165, 1.54) is 12.1 Å². The Kier molecular flexibility index (Phi) is 6.62. The highest BCUT2D eigenvalue weighted by atomic mass is 32.1. The number of hydrazine groups is 1. The molecule has 2 rings (SSSR count). The number of anilines is 1. The van der Waals surface area contributed by atoms with Crippen LogP contribution in [-0.2, 0) is 6.42 Å².